The summed E-state index contributed by atoms with van der Waals surface area (Å²) in [7, 11) is 1.64. The van der Waals surface area contributed by atoms with Crippen LogP contribution in [0.15, 0.2) is 66.7 Å². The Morgan fingerprint density at radius 2 is 1.46 bits per heavy atom. The van der Waals surface area contributed by atoms with E-state index < -0.39 is 5.25 Å². The summed E-state index contributed by atoms with van der Waals surface area (Å²) in [6, 6.07) is 20.8. The first kappa shape index (κ1) is 26.4. The molecule has 1 saturated heterocycles. The van der Waals surface area contributed by atoms with Crippen LogP contribution in [0, 0.1) is 0 Å². The van der Waals surface area contributed by atoms with Crippen LogP contribution in [-0.2, 0) is 11.2 Å². The molecule has 0 aromatic heterocycles. The molecule has 2 amide bonds. The lowest BCUT2D eigenvalue weighted by molar-refractivity contribution is -0.119. The first-order valence-electron chi connectivity index (χ1n) is 12.4. The summed E-state index contributed by atoms with van der Waals surface area (Å²) in [5.74, 6) is 3.66. The third-order valence-electron chi connectivity index (χ3n) is 5.78. The molecule has 0 bridgehead atoms. The number of benzene rings is 3. The number of unbranched alkanes of at least 4 members (excludes halogenated alkanes) is 1. The third kappa shape index (κ3) is 7.43. The molecule has 3 aromatic rings. The molecular weight excluding hydrogens is 490 g/mol. The topological polar surface area (TPSA) is 83.1 Å². The zero-order chi connectivity index (χ0) is 26.0. The van der Waals surface area contributed by atoms with Gasteiger partial charge in [0, 0.05) is 0 Å². The Balaban J connectivity index is 1.21. The highest BCUT2D eigenvalue weighted by Crippen LogP contribution is 2.35. The number of hydrogen-bond donors (Lipinski definition) is 1. The molecule has 1 atom stereocenters. The van der Waals surface area contributed by atoms with Crippen molar-refractivity contribution in [1.82, 2.24) is 5.32 Å². The number of thioether (sulfide) groups is 1. The Bertz CT molecular complexity index is 1200. The van der Waals surface area contributed by atoms with E-state index in [9.17, 15) is 9.59 Å². The molecule has 0 spiro atoms. The van der Waals surface area contributed by atoms with Crippen molar-refractivity contribution in [1.29, 1.82) is 0 Å². The van der Waals surface area contributed by atoms with E-state index in [0.717, 1.165) is 77.3 Å². The number of imide groups is 1. The number of nitrogens with one attached hydrogen (secondary N) is 1. The van der Waals surface area contributed by atoms with Gasteiger partial charge in [-0.2, -0.15) is 0 Å². The lowest BCUT2D eigenvalue weighted by Gasteiger charge is -2.14. The lowest BCUT2D eigenvalue weighted by atomic mass is 10.1. The fourth-order valence-corrected chi connectivity index (χ4v) is 4.73. The average molecular weight is 522 g/mol. The van der Waals surface area contributed by atoms with Gasteiger partial charge in [-0.05, 0) is 96.7 Å². The molecule has 0 saturated carbocycles. The number of carbonyl (C=O) groups is 2. The van der Waals surface area contributed by atoms with Gasteiger partial charge in [-0.25, -0.2) is 0 Å². The van der Waals surface area contributed by atoms with Gasteiger partial charge in [-0.15, -0.1) is 0 Å². The van der Waals surface area contributed by atoms with Crippen molar-refractivity contribution in [3.63, 3.8) is 0 Å². The van der Waals surface area contributed by atoms with E-state index in [-0.39, 0.29) is 11.1 Å². The second-order valence-electron chi connectivity index (χ2n) is 8.54. The first-order chi connectivity index (χ1) is 18.1. The van der Waals surface area contributed by atoms with Crippen LogP contribution in [0.2, 0.25) is 0 Å². The molecule has 4 rings (SSSR count). The highest BCUT2D eigenvalue weighted by molar-refractivity contribution is 8.15. The minimum atomic E-state index is -0.487. The number of hydrogen-bond acceptors (Lipinski definition) is 7. The van der Waals surface area contributed by atoms with Crippen molar-refractivity contribution in [3.8, 4) is 28.7 Å². The van der Waals surface area contributed by atoms with Gasteiger partial charge in [0.25, 0.3) is 5.24 Å². The van der Waals surface area contributed by atoms with Gasteiger partial charge in [0.05, 0.1) is 20.3 Å². The molecule has 1 heterocycles. The van der Waals surface area contributed by atoms with Crippen molar-refractivity contribution in [2.45, 2.75) is 37.9 Å². The van der Waals surface area contributed by atoms with E-state index >= 15 is 0 Å². The summed E-state index contributed by atoms with van der Waals surface area (Å²) in [6.07, 6.45) is 3.62. The van der Waals surface area contributed by atoms with Gasteiger partial charge in [-0.1, -0.05) is 25.5 Å². The van der Waals surface area contributed by atoms with Crippen LogP contribution < -0.4 is 24.3 Å². The largest absolute Gasteiger partial charge is 0.497 e. The first-order valence-corrected chi connectivity index (χ1v) is 13.3. The maximum absolute atomic E-state index is 11.8. The molecule has 3 aromatic carbocycles. The zero-order valence-electron chi connectivity index (χ0n) is 21.0. The molecule has 1 aliphatic rings. The number of ether oxygens (including phenoxy) is 4. The van der Waals surface area contributed by atoms with Gasteiger partial charge >= 0.3 is 0 Å². The minimum Gasteiger partial charge on any atom is -0.497 e. The van der Waals surface area contributed by atoms with E-state index in [0.29, 0.717) is 13.2 Å². The second-order valence-corrected chi connectivity index (χ2v) is 9.62. The van der Waals surface area contributed by atoms with Crippen LogP contribution in [0.4, 0.5) is 4.79 Å². The SMILES string of the molecule is CCCc1cc(Oc2ccc(OC)cc2)ccc1OCCCCOc1ccc(C2SC(=O)NC2=O)cc1. The van der Waals surface area contributed by atoms with E-state index in [1.807, 2.05) is 66.7 Å². The number of rotatable bonds is 13. The van der Waals surface area contributed by atoms with Gasteiger partial charge in [-0.3, -0.25) is 14.9 Å². The molecule has 37 heavy (non-hydrogen) atoms. The average Bonchev–Trinajstić information content (AvgIpc) is 3.25. The predicted molar refractivity (Wildman–Crippen MR) is 144 cm³/mol. The van der Waals surface area contributed by atoms with Gasteiger partial charge in [0.2, 0.25) is 5.91 Å². The molecule has 1 N–H and O–H groups in total. The van der Waals surface area contributed by atoms with E-state index in [2.05, 4.69) is 12.2 Å². The number of carbonyl (C=O) groups excluding carboxylic acids is 2. The molecule has 1 aliphatic heterocycles. The summed E-state index contributed by atoms with van der Waals surface area (Å²) in [5, 5.41) is 1.51. The van der Waals surface area contributed by atoms with Crippen LogP contribution in [0.1, 0.15) is 42.6 Å². The van der Waals surface area contributed by atoms with Crippen LogP contribution in [0.5, 0.6) is 28.7 Å². The van der Waals surface area contributed by atoms with Crippen LogP contribution in [-0.4, -0.2) is 31.5 Å². The second kappa shape index (κ2) is 13.1. The highest BCUT2D eigenvalue weighted by Gasteiger charge is 2.32. The van der Waals surface area contributed by atoms with E-state index in [4.69, 9.17) is 18.9 Å². The Morgan fingerprint density at radius 1 is 0.811 bits per heavy atom. The smallest absolute Gasteiger partial charge is 0.286 e. The molecule has 1 unspecified atom stereocenters. The molecule has 0 radical (unpaired) electrons. The number of methoxy groups -OCH3 is 1. The van der Waals surface area contributed by atoms with Crippen molar-refractivity contribution in [2.24, 2.45) is 0 Å². The van der Waals surface area contributed by atoms with Crippen molar-refractivity contribution < 1.29 is 28.5 Å². The molecule has 8 heteroatoms. The van der Waals surface area contributed by atoms with Crippen molar-refractivity contribution in [2.75, 3.05) is 20.3 Å². The molecule has 1 fully saturated rings. The Labute approximate surface area is 221 Å². The molecular formula is C29H31NO6S. The number of amides is 2. The molecule has 0 aliphatic carbocycles. The van der Waals surface area contributed by atoms with Crippen LogP contribution in [0.3, 0.4) is 0 Å². The fraction of sp³-hybridized carbons (Fsp3) is 0.310. The van der Waals surface area contributed by atoms with Crippen LogP contribution >= 0.6 is 11.8 Å². The Morgan fingerprint density at radius 3 is 2.11 bits per heavy atom. The highest BCUT2D eigenvalue weighted by atomic mass is 32.2. The van der Waals surface area contributed by atoms with Gasteiger partial charge < -0.3 is 18.9 Å². The lowest BCUT2D eigenvalue weighted by Crippen LogP contribution is -2.20. The molecule has 194 valence electrons. The van der Waals surface area contributed by atoms with E-state index in [1.54, 1.807) is 7.11 Å². The summed E-state index contributed by atoms with van der Waals surface area (Å²) >= 11 is 0.998. The van der Waals surface area contributed by atoms with Crippen molar-refractivity contribution in [3.05, 3.63) is 77.9 Å². The summed E-state index contributed by atoms with van der Waals surface area (Å²) < 4.78 is 23.1. The zero-order valence-corrected chi connectivity index (χ0v) is 21.8. The monoisotopic (exact) mass is 521 g/mol. The van der Waals surface area contributed by atoms with Gasteiger partial charge in [0.15, 0.2) is 0 Å². The van der Waals surface area contributed by atoms with Gasteiger partial charge in [0.1, 0.15) is 34.0 Å². The maximum atomic E-state index is 11.8. The normalized spacial score (nSPS) is 14.8. The molecule has 7 nitrogen and oxygen atoms in total. The maximum Gasteiger partial charge on any atom is 0.286 e. The predicted octanol–water partition coefficient (Wildman–Crippen LogP) is 6.70. The van der Waals surface area contributed by atoms with Crippen LogP contribution in [0.25, 0.3) is 0 Å². The Kier molecular flexibility index (Phi) is 9.32. The Hall–Kier alpha value is -3.65. The fourth-order valence-electron chi connectivity index (χ4n) is 3.90. The minimum absolute atomic E-state index is 0.273. The summed E-state index contributed by atoms with van der Waals surface area (Å²) in [5.41, 5.74) is 1.91. The quantitative estimate of drug-likeness (QED) is 0.251. The standard InChI is InChI=1S/C29H31NO6S/c1-3-6-21-19-25(36-24-13-11-22(33-2)12-14-24)15-16-26(21)35-18-5-4-17-34-23-9-7-20(8-10-23)27-28(31)30-29(32)37-27/h7-16,19,27H,3-6,17-18H2,1-2H3,(H,30,31,32). The van der Waals surface area contributed by atoms with Crippen molar-refractivity contribution >= 4 is 22.9 Å². The third-order valence-corrected chi connectivity index (χ3v) is 6.82. The summed E-state index contributed by atoms with van der Waals surface area (Å²) in [6.45, 7) is 3.31. The number of aryl methyl sites for hydroxylation is 1. The van der Waals surface area contributed by atoms with E-state index in [1.165, 1.54) is 0 Å². The summed E-state index contributed by atoms with van der Waals surface area (Å²) in [4.78, 5) is 23.2.